The Morgan fingerprint density at radius 2 is 2.00 bits per heavy atom. The molecular weight excluding hydrogens is 188 g/mol. The highest BCUT2D eigenvalue weighted by atomic mass is 16.5. The summed E-state index contributed by atoms with van der Waals surface area (Å²) in [4.78, 5) is 0. The molecule has 1 aliphatic heterocycles. The fourth-order valence-corrected chi connectivity index (χ4v) is 2.30. The molecular formula is C12H14N2O. The van der Waals surface area contributed by atoms with Gasteiger partial charge in [-0.05, 0) is 38.1 Å². The average Bonchev–Trinajstić information content (AvgIpc) is 2.74. The van der Waals surface area contributed by atoms with Crippen LogP contribution >= 0.6 is 0 Å². The summed E-state index contributed by atoms with van der Waals surface area (Å²) in [6.45, 7) is 2.18. The van der Waals surface area contributed by atoms with E-state index in [1.165, 1.54) is 5.39 Å². The third-order valence-corrected chi connectivity index (χ3v) is 3.13. The van der Waals surface area contributed by atoms with E-state index in [0.29, 0.717) is 5.92 Å². The van der Waals surface area contributed by atoms with E-state index in [1.807, 2.05) is 18.2 Å². The van der Waals surface area contributed by atoms with E-state index < -0.39 is 0 Å². The van der Waals surface area contributed by atoms with Crippen LogP contribution in [0.15, 0.2) is 28.8 Å². The van der Waals surface area contributed by atoms with E-state index in [4.69, 9.17) is 4.52 Å². The summed E-state index contributed by atoms with van der Waals surface area (Å²) >= 11 is 0. The van der Waals surface area contributed by atoms with Gasteiger partial charge in [0.1, 0.15) is 0 Å². The van der Waals surface area contributed by atoms with Crippen molar-refractivity contribution in [3.8, 4) is 0 Å². The molecule has 3 rings (SSSR count). The Kier molecular flexibility index (Phi) is 2.18. The minimum atomic E-state index is 0.565. The summed E-state index contributed by atoms with van der Waals surface area (Å²) in [6.07, 6.45) is 2.33. The van der Waals surface area contributed by atoms with Crippen LogP contribution in [0.4, 0.5) is 0 Å². The van der Waals surface area contributed by atoms with Gasteiger partial charge in [0, 0.05) is 11.3 Å². The highest BCUT2D eigenvalue weighted by molar-refractivity contribution is 5.79. The zero-order valence-corrected chi connectivity index (χ0v) is 8.57. The number of fused-ring (bicyclic) bond motifs is 1. The monoisotopic (exact) mass is 202 g/mol. The molecule has 3 nitrogen and oxygen atoms in total. The second-order valence-corrected chi connectivity index (χ2v) is 4.09. The van der Waals surface area contributed by atoms with Gasteiger partial charge < -0.3 is 9.84 Å². The first-order valence-electron chi connectivity index (χ1n) is 5.50. The Bertz CT molecular complexity index is 457. The fraction of sp³-hybridized carbons (Fsp3) is 0.417. The third-order valence-electron chi connectivity index (χ3n) is 3.13. The van der Waals surface area contributed by atoms with Gasteiger partial charge in [-0.15, -0.1) is 0 Å². The Morgan fingerprint density at radius 3 is 2.87 bits per heavy atom. The number of hydrogen-bond donors (Lipinski definition) is 1. The molecule has 0 radical (unpaired) electrons. The molecule has 2 aromatic rings. The first-order valence-corrected chi connectivity index (χ1v) is 5.50. The van der Waals surface area contributed by atoms with Crippen LogP contribution in [0.25, 0.3) is 11.0 Å². The maximum Gasteiger partial charge on any atom is 0.167 e. The van der Waals surface area contributed by atoms with E-state index in [1.54, 1.807) is 0 Å². The maximum absolute atomic E-state index is 5.33. The number of benzene rings is 1. The van der Waals surface area contributed by atoms with E-state index in [0.717, 1.165) is 37.2 Å². The molecule has 1 aliphatic rings. The molecule has 3 heteroatoms. The predicted molar refractivity (Wildman–Crippen MR) is 58.9 cm³/mol. The highest BCUT2D eigenvalue weighted by Crippen LogP contribution is 2.30. The van der Waals surface area contributed by atoms with Crippen molar-refractivity contribution in [1.29, 1.82) is 0 Å². The lowest BCUT2D eigenvalue weighted by Gasteiger charge is -2.20. The predicted octanol–water partition coefficient (Wildman–Crippen LogP) is 2.29. The molecule has 1 aromatic carbocycles. The number of nitrogens with zero attached hydrogens (tertiary/aromatic N) is 1. The standard InChI is InChI=1S/C12H14N2O/c1-2-4-11-10(3-1)12(14-15-11)9-5-7-13-8-6-9/h1-4,9,13H,5-8H2. The van der Waals surface area contributed by atoms with Crippen molar-refractivity contribution < 1.29 is 4.52 Å². The maximum atomic E-state index is 5.33. The van der Waals surface area contributed by atoms with Gasteiger partial charge >= 0.3 is 0 Å². The molecule has 0 bridgehead atoms. The second kappa shape index (κ2) is 3.66. The van der Waals surface area contributed by atoms with Gasteiger partial charge in [-0.3, -0.25) is 0 Å². The van der Waals surface area contributed by atoms with Crippen molar-refractivity contribution in [2.45, 2.75) is 18.8 Å². The molecule has 0 amide bonds. The van der Waals surface area contributed by atoms with Crippen LogP contribution in [0.1, 0.15) is 24.5 Å². The van der Waals surface area contributed by atoms with Crippen LogP contribution in [0, 0.1) is 0 Å². The molecule has 2 heterocycles. The summed E-state index contributed by atoms with van der Waals surface area (Å²) in [5.74, 6) is 0.565. The number of para-hydroxylation sites is 1. The lowest BCUT2D eigenvalue weighted by Crippen LogP contribution is -2.26. The summed E-state index contributed by atoms with van der Waals surface area (Å²) in [6, 6.07) is 8.11. The smallest absolute Gasteiger partial charge is 0.167 e. The number of piperidine rings is 1. The van der Waals surface area contributed by atoms with Gasteiger partial charge in [0.25, 0.3) is 0 Å². The van der Waals surface area contributed by atoms with Crippen molar-refractivity contribution in [2.24, 2.45) is 0 Å². The molecule has 0 saturated carbocycles. The van der Waals surface area contributed by atoms with Gasteiger partial charge in [-0.1, -0.05) is 17.3 Å². The Labute approximate surface area is 88.4 Å². The Balaban J connectivity index is 2.02. The molecule has 0 atom stereocenters. The summed E-state index contributed by atoms with van der Waals surface area (Å²) < 4.78 is 5.33. The normalized spacial score (nSPS) is 18.4. The van der Waals surface area contributed by atoms with Crippen molar-refractivity contribution >= 4 is 11.0 Å². The zero-order valence-electron chi connectivity index (χ0n) is 8.57. The highest BCUT2D eigenvalue weighted by Gasteiger charge is 2.20. The van der Waals surface area contributed by atoms with Gasteiger partial charge in [0.15, 0.2) is 5.58 Å². The number of hydrogen-bond acceptors (Lipinski definition) is 3. The van der Waals surface area contributed by atoms with E-state index in [-0.39, 0.29) is 0 Å². The molecule has 1 fully saturated rings. The largest absolute Gasteiger partial charge is 0.356 e. The first kappa shape index (κ1) is 8.92. The van der Waals surface area contributed by atoms with Crippen LogP contribution in [-0.2, 0) is 0 Å². The van der Waals surface area contributed by atoms with Gasteiger partial charge in [0.2, 0.25) is 0 Å². The molecule has 0 unspecified atom stereocenters. The molecule has 0 aliphatic carbocycles. The Morgan fingerprint density at radius 1 is 1.20 bits per heavy atom. The van der Waals surface area contributed by atoms with E-state index in [2.05, 4.69) is 16.5 Å². The van der Waals surface area contributed by atoms with Gasteiger partial charge in [-0.25, -0.2) is 0 Å². The van der Waals surface area contributed by atoms with E-state index >= 15 is 0 Å². The van der Waals surface area contributed by atoms with Gasteiger partial charge in [0.05, 0.1) is 5.69 Å². The molecule has 78 valence electrons. The number of nitrogens with one attached hydrogen (secondary N) is 1. The quantitative estimate of drug-likeness (QED) is 0.771. The van der Waals surface area contributed by atoms with Crippen molar-refractivity contribution in [3.05, 3.63) is 30.0 Å². The first-order chi connectivity index (χ1) is 7.45. The van der Waals surface area contributed by atoms with Crippen molar-refractivity contribution in [1.82, 2.24) is 10.5 Å². The van der Waals surface area contributed by atoms with Crippen LogP contribution in [0.3, 0.4) is 0 Å². The molecule has 0 spiro atoms. The lowest BCUT2D eigenvalue weighted by molar-refractivity contribution is 0.404. The van der Waals surface area contributed by atoms with Gasteiger partial charge in [-0.2, -0.15) is 0 Å². The number of rotatable bonds is 1. The third kappa shape index (κ3) is 1.53. The van der Waals surface area contributed by atoms with Crippen LogP contribution in [0.5, 0.6) is 0 Å². The Hall–Kier alpha value is -1.35. The SMILES string of the molecule is c1ccc2c(C3CCNCC3)noc2c1. The summed E-state index contributed by atoms with van der Waals surface area (Å²) in [5, 5.41) is 8.77. The van der Waals surface area contributed by atoms with Crippen LogP contribution in [0.2, 0.25) is 0 Å². The number of aromatic nitrogens is 1. The van der Waals surface area contributed by atoms with Crippen molar-refractivity contribution in [3.63, 3.8) is 0 Å². The minimum absolute atomic E-state index is 0.565. The zero-order chi connectivity index (χ0) is 10.1. The minimum Gasteiger partial charge on any atom is -0.356 e. The average molecular weight is 202 g/mol. The van der Waals surface area contributed by atoms with Crippen molar-refractivity contribution in [2.75, 3.05) is 13.1 Å². The van der Waals surface area contributed by atoms with E-state index in [9.17, 15) is 0 Å². The van der Waals surface area contributed by atoms with Crippen LogP contribution in [-0.4, -0.2) is 18.2 Å². The second-order valence-electron chi connectivity index (χ2n) is 4.09. The molecule has 15 heavy (non-hydrogen) atoms. The molecule has 1 saturated heterocycles. The molecule has 1 aromatic heterocycles. The topological polar surface area (TPSA) is 38.1 Å². The molecule has 1 N–H and O–H groups in total. The summed E-state index contributed by atoms with van der Waals surface area (Å²) in [5.41, 5.74) is 2.05. The summed E-state index contributed by atoms with van der Waals surface area (Å²) in [7, 11) is 0. The lowest BCUT2D eigenvalue weighted by atomic mass is 9.93. The van der Waals surface area contributed by atoms with Crippen LogP contribution < -0.4 is 5.32 Å². The fourth-order valence-electron chi connectivity index (χ4n) is 2.30.